The minimum atomic E-state index is -0.396. The molecule has 7 heteroatoms. The number of ether oxygens (including phenoxy) is 3. The number of carbonyl (C=O) groups excluding carboxylic acids is 1. The highest BCUT2D eigenvalue weighted by atomic mass is 35.5. The predicted molar refractivity (Wildman–Crippen MR) is 101 cm³/mol. The predicted octanol–water partition coefficient (Wildman–Crippen LogP) is 3.15. The second kappa shape index (κ2) is 9.53. The second-order valence-electron chi connectivity index (χ2n) is 5.81. The SMILES string of the molecule is CCCC(CN)COc1ccc(OC)c2c1cc(C(=O)OC)n2C.Cl. The Morgan fingerprint density at radius 1 is 1.28 bits per heavy atom. The first kappa shape index (κ1) is 21.1. The molecular formula is C18H27ClN2O4. The van der Waals surface area contributed by atoms with Gasteiger partial charge in [-0.3, -0.25) is 0 Å². The molecule has 1 unspecified atom stereocenters. The largest absolute Gasteiger partial charge is 0.495 e. The molecule has 0 radical (unpaired) electrons. The molecule has 0 aliphatic heterocycles. The van der Waals surface area contributed by atoms with Crippen LogP contribution in [0.4, 0.5) is 0 Å². The Morgan fingerprint density at radius 2 is 1.96 bits per heavy atom. The van der Waals surface area contributed by atoms with Gasteiger partial charge in [0.15, 0.2) is 0 Å². The van der Waals surface area contributed by atoms with Crippen molar-refractivity contribution in [3.05, 3.63) is 23.9 Å². The molecule has 0 aliphatic carbocycles. The van der Waals surface area contributed by atoms with E-state index in [1.807, 2.05) is 12.1 Å². The van der Waals surface area contributed by atoms with Crippen LogP contribution in [0.5, 0.6) is 11.5 Å². The second-order valence-corrected chi connectivity index (χ2v) is 5.81. The monoisotopic (exact) mass is 370 g/mol. The zero-order valence-corrected chi connectivity index (χ0v) is 16.0. The normalized spacial score (nSPS) is 11.7. The number of hydrogen-bond acceptors (Lipinski definition) is 5. The highest BCUT2D eigenvalue weighted by Crippen LogP contribution is 2.35. The summed E-state index contributed by atoms with van der Waals surface area (Å²) >= 11 is 0. The lowest BCUT2D eigenvalue weighted by atomic mass is 10.1. The fraction of sp³-hybridized carbons (Fsp3) is 0.500. The van der Waals surface area contributed by atoms with Crippen molar-refractivity contribution in [2.45, 2.75) is 19.8 Å². The van der Waals surface area contributed by atoms with E-state index < -0.39 is 5.97 Å². The number of nitrogens with two attached hydrogens (primary N) is 1. The van der Waals surface area contributed by atoms with Gasteiger partial charge in [-0.05, 0) is 31.2 Å². The van der Waals surface area contributed by atoms with Crippen molar-refractivity contribution in [2.75, 3.05) is 27.4 Å². The van der Waals surface area contributed by atoms with E-state index in [-0.39, 0.29) is 12.4 Å². The lowest BCUT2D eigenvalue weighted by molar-refractivity contribution is 0.0590. The van der Waals surface area contributed by atoms with Gasteiger partial charge in [0.25, 0.3) is 0 Å². The number of hydrogen-bond donors (Lipinski definition) is 1. The van der Waals surface area contributed by atoms with E-state index in [9.17, 15) is 4.79 Å². The summed E-state index contributed by atoms with van der Waals surface area (Å²) in [5.41, 5.74) is 7.05. The summed E-state index contributed by atoms with van der Waals surface area (Å²) < 4.78 is 18.0. The van der Waals surface area contributed by atoms with E-state index >= 15 is 0 Å². The number of esters is 1. The van der Waals surface area contributed by atoms with Crippen LogP contribution < -0.4 is 15.2 Å². The minimum absolute atomic E-state index is 0. The fourth-order valence-electron chi connectivity index (χ4n) is 2.89. The Hall–Kier alpha value is -1.92. The molecule has 1 atom stereocenters. The van der Waals surface area contributed by atoms with Crippen LogP contribution in [0, 0.1) is 5.92 Å². The van der Waals surface area contributed by atoms with E-state index in [1.165, 1.54) is 7.11 Å². The number of rotatable bonds is 8. The molecule has 0 saturated carbocycles. The number of aryl methyl sites for hydroxylation is 1. The van der Waals surface area contributed by atoms with E-state index in [0.717, 1.165) is 23.7 Å². The third-order valence-corrected chi connectivity index (χ3v) is 4.24. The fourth-order valence-corrected chi connectivity index (χ4v) is 2.89. The van der Waals surface area contributed by atoms with E-state index in [0.29, 0.717) is 36.3 Å². The maximum atomic E-state index is 12.0. The molecule has 140 valence electrons. The lowest BCUT2D eigenvalue weighted by Gasteiger charge is -2.16. The molecule has 2 aromatic rings. The molecule has 0 spiro atoms. The van der Waals surface area contributed by atoms with Gasteiger partial charge >= 0.3 is 5.97 Å². The average Bonchev–Trinajstić information content (AvgIpc) is 2.95. The summed E-state index contributed by atoms with van der Waals surface area (Å²) in [4.78, 5) is 12.0. The first-order valence-corrected chi connectivity index (χ1v) is 8.14. The van der Waals surface area contributed by atoms with Crippen LogP contribution in [-0.4, -0.2) is 37.9 Å². The van der Waals surface area contributed by atoms with Gasteiger partial charge in [-0.2, -0.15) is 0 Å². The Morgan fingerprint density at radius 3 is 2.52 bits per heavy atom. The number of methoxy groups -OCH3 is 2. The number of benzene rings is 1. The Bertz CT molecular complexity index is 715. The molecule has 0 saturated heterocycles. The quantitative estimate of drug-likeness (QED) is 0.722. The molecule has 1 aromatic heterocycles. The van der Waals surface area contributed by atoms with E-state index in [2.05, 4.69) is 6.92 Å². The molecule has 0 aliphatic rings. The summed E-state index contributed by atoms with van der Waals surface area (Å²) in [6.07, 6.45) is 2.10. The Kier molecular flexibility index (Phi) is 8.06. The van der Waals surface area contributed by atoms with Crippen LogP contribution in [0.1, 0.15) is 30.3 Å². The van der Waals surface area contributed by atoms with Gasteiger partial charge < -0.3 is 24.5 Å². The molecule has 2 N–H and O–H groups in total. The molecule has 25 heavy (non-hydrogen) atoms. The summed E-state index contributed by atoms with van der Waals surface area (Å²) in [6, 6.07) is 5.48. The summed E-state index contributed by atoms with van der Waals surface area (Å²) in [5.74, 6) is 1.31. The number of carbonyl (C=O) groups is 1. The van der Waals surface area contributed by atoms with Crippen LogP contribution in [0.15, 0.2) is 18.2 Å². The average molecular weight is 371 g/mol. The zero-order valence-electron chi connectivity index (χ0n) is 15.2. The van der Waals surface area contributed by atoms with Gasteiger partial charge in [-0.1, -0.05) is 13.3 Å². The number of aromatic nitrogens is 1. The van der Waals surface area contributed by atoms with Crippen LogP contribution in [0.25, 0.3) is 10.9 Å². The third-order valence-electron chi connectivity index (χ3n) is 4.24. The van der Waals surface area contributed by atoms with Crippen molar-refractivity contribution < 1.29 is 19.0 Å². The van der Waals surface area contributed by atoms with Gasteiger partial charge in [0.2, 0.25) is 0 Å². The standard InChI is InChI=1S/C18H26N2O4.ClH/c1-5-6-12(10-19)11-24-15-7-8-16(22-3)17-13(15)9-14(20(17)2)18(21)23-4;/h7-9,12H,5-6,10-11,19H2,1-4H3;1H. The highest BCUT2D eigenvalue weighted by molar-refractivity contribution is 6.00. The number of fused-ring (bicyclic) bond motifs is 1. The third kappa shape index (κ3) is 4.38. The number of nitrogens with zero attached hydrogens (tertiary/aromatic N) is 1. The van der Waals surface area contributed by atoms with Crippen molar-refractivity contribution in [1.29, 1.82) is 0 Å². The highest BCUT2D eigenvalue weighted by Gasteiger charge is 2.20. The van der Waals surface area contributed by atoms with Crippen molar-refractivity contribution in [3.8, 4) is 11.5 Å². The molecule has 6 nitrogen and oxygen atoms in total. The van der Waals surface area contributed by atoms with Gasteiger partial charge in [-0.25, -0.2) is 4.79 Å². The molecular weight excluding hydrogens is 344 g/mol. The maximum absolute atomic E-state index is 12.0. The zero-order chi connectivity index (χ0) is 17.7. The summed E-state index contributed by atoms with van der Waals surface area (Å²) in [7, 11) is 4.78. The number of halogens is 1. The van der Waals surface area contributed by atoms with Gasteiger partial charge in [-0.15, -0.1) is 12.4 Å². The first-order valence-electron chi connectivity index (χ1n) is 8.14. The molecule has 2 rings (SSSR count). The summed E-state index contributed by atoms with van der Waals surface area (Å²) in [5, 5.41) is 0.824. The van der Waals surface area contributed by atoms with Crippen LogP contribution in [0.2, 0.25) is 0 Å². The minimum Gasteiger partial charge on any atom is -0.495 e. The van der Waals surface area contributed by atoms with Gasteiger partial charge in [0.1, 0.15) is 17.2 Å². The van der Waals surface area contributed by atoms with Crippen LogP contribution >= 0.6 is 12.4 Å². The molecule has 0 fully saturated rings. The van der Waals surface area contributed by atoms with Crippen molar-refractivity contribution in [1.82, 2.24) is 4.57 Å². The molecule has 1 aromatic carbocycles. The van der Waals surface area contributed by atoms with E-state index in [1.54, 1.807) is 24.8 Å². The topological polar surface area (TPSA) is 75.7 Å². The smallest absolute Gasteiger partial charge is 0.354 e. The van der Waals surface area contributed by atoms with Crippen molar-refractivity contribution in [3.63, 3.8) is 0 Å². The van der Waals surface area contributed by atoms with E-state index in [4.69, 9.17) is 19.9 Å². The Labute approximate surface area is 154 Å². The van der Waals surface area contributed by atoms with Crippen LogP contribution in [-0.2, 0) is 11.8 Å². The van der Waals surface area contributed by atoms with Gasteiger partial charge in [0.05, 0.1) is 26.3 Å². The first-order chi connectivity index (χ1) is 11.6. The Balaban J connectivity index is 0.00000312. The van der Waals surface area contributed by atoms with Crippen molar-refractivity contribution >= 4 is 29.3 Å². The molecule has 1 heterocycles. The lowest BCUT2D eigenvalue weighted by Crippen LogP contribution is -2.21. The summed E-state index contributed by atoms with van der Waals surface area (Å²) in [6.45, 7) is 3.28. The maximum Gasteiger partial charge on any atom is 0.354 e. The molecule has 0 bridgehead atoms. The van der Waals surface area contributed by atoms with Crippen LogP contribution in [0.3, 0.4) is 0 Å². The van der Waals surface area contributed by atoms with Gasteiger partial charge in [0, 0.05) is 18.4 Å². The molecule has 0 amide bonds. The van der Waals surface area contributed by atoms with Crippen molar-refractivity contribution in [2.24, 2.45) is 18.7 Å².